The third-order valence-electron chi connectivity index (χ3n) is 0.466. The summed E-state index contributed by atoms with van der Waals surface area (Å²) in [6.45, 7) is 5.86. The monoisotopic (exact) mass is 205 g/mol. The van der Waals surface area contributed by atoms with E-state index < -0.39 is 14.1 Å². The Labute approximate surface area is 66.0 Å². The van der Waals surface area contributed by atoms with Gasteiger partial charge in [0.15, 0.2) is 0 Å². The molecule has 0 saturated heterocycles. The molecule has 0 aromatic rings. The molecule has 1 atom stereocenters. The Bertz CT molecular complexity index is 141. The summed E-state index contributed by atoms with van der Waals surface area (Å²) >= 11 is 9.57. The normalized spacial score (nSPS) is 19.2. The largest absolute Gasteiger partial charge is 0.274 e. The molecular formula is C3H10ClFNPSSi. The van der Waals surface area contributed by atoms with Crippen LogP contribution in [0, 0.1) is 0 Å². The topological polar surface area (TPSA) is 12.0 Å². The Kier molecular flexibility index (Phi) is 3.31. The van der Waals surface area contributed by atoms with Crippen LogP contribution in [0.5, 0.6) is 0 Å². The first-order valence-electron chi connectivity index (χ1n) is 2.49. The van der Waals surface area contributed by atoms with Crippen LogP contribution in [0.4, 0.5) is 4.20 Å². The quantitative estimate of drug-likeness (QED) is 0.550. The van der Waals surface area contributed by atoms with E-state index in [1.54, 1.807) is 0 Å². The molecule has 0 bridgehead atoms. The summed E-state index contributed by atoms with van der Waals surface area (Å²) in [5.74, 6) is -3.17. The molecule has 0 fully saturated rings. The lowest BCUT2D eigenvalue weighted by molar-refractivity contribution is 0.896. The lowest BCUT2D eigenvalue weighted by atomic mass is 11.8. The minimum Gasteiger partial charge on any atom is -0.274 e. The summed E-state index contributed by atoms with van der Waals surface area (Å²) in [5.41, 5.74) is 0. The van der Waals surface area contributed by atoms with Gasteiger partial charge in [-0.25, -0.2) is 0 Å². The third kappa shape index (κ3) is 9.05. The summed E-state index contributed by atoms with van der Waals surface area (Å²) in [6, 6.07) is 0. The maximum absolute atomic E-state index is 12.5. The second-order valence-electron chi connectivity index (χ2n) is 2.82. The first-order valence-corrected chi connectivity index (χ1v) is 9.59. The summed E-state index contributed by atoms with van der Waals surface area (Å²) < 4.78 is 15.1. The number of hydrogen-bond acceptors (Lipinski definition) is 1. The average molecular weight is 206 g/mol. The van der Waals surface area contributed by atoms with Crippen molar-refractivity contribution in [1.82, 2.24) is 4.75 Å². The molecule has 0 radical (unpaired) electrons. The van der Waals surface area contributed by atoms with Gasteiger partial charge in [0.25, 0.3) is 5.85 Å². The predicted octanol–water partition coefficient (Wildman–Crippen LogP) is 2.84. The number of halogens is 2. The van der Waals surface area contributed by atoms with Gasteiger partial charge in [-0.3, -0.25) is 4.75 Å². The van der Waals surface area contributed by atoms with Gasteiger partial charge >= 0.3 is 0 Å². The molecule has 0 aliphatic rings. The van der Waals surface area contributed by atoms with Crippen LogP contribution in [0.3, 0.4) is 0 Å². The summed E-state index contributed by atoms with van der Waals surface area (Å²) in [5, 5.41) is 0. The Morgan fingerprint density at radius 1 is 1.56 bits per heavy atom. The molecule has 1 unspecified atom stereocenters. The number of nitrogens with one attached hydrogen (secondary N) is 1. The zero-order valence-electron chi connectivity index (χ0n) is 5.61. The van der Waals surface area contributed by atoms with Crippen LogP contribution in [0.25, 0.3) is 0 Å². The zero-order chi connectivity index (χ0) is 7.71. The fraction of sp³-hybridized carbons (Fsp3) is 1.00. The van der Waals surface area contributed by atoms with E-state index in [-0.39, 0.29) is 0 Å². The molecule has 0 heterocycles. The molecule has 9 heavy (non-hydrogen) atoms. The summed E-state index contributed by atoms with van der Waals surface area (Å²) in [7, 11) is -1.60. The Morgan fingerprint density at radius 3 is 1.89 bits per heavy atom. The lowest BCUT2D eigenvalue weighted by Gasteiger charge is -2.18. The molecular weight excluding hydrogens is 196 g/mol. The molecule has 1 N–H and O–H groups in total. The predicted molar refractivity (Wildman–Crippen MR) is 47.7 cm³/mol. The molecule has 0 aliphatic heterocycles. The van der Waals surface area contributed by atoms with Crippen LogP contribution >= 0.6 is 17.1 Å². The summed E-state index contributed by atoms with van der Waals surface area (Å²) in [6.07, 6.45) is 0. The average Bonchev–Trinajstić information content (AvgIpc) is 1.14. The molecule has 56 valence electrons. The highest BCUT2D eigenvalue weighted by molar-refractivity contribution is 8.24. The van der Waals surface area contributed by atoms with Gasteiger partial charge in [-0.2, -0.15) is 4.20 Å². The van der Waals surface area contributed by atoms with Gasteiger partial charge in [0.2, 0.25) is 0 Å². The maximum atomic E-state index is 12.5. The van der Waals surface area contributed by atoms with Crippen molar-refractivity contribution in [3.63, 3.8) is 0 Å². The van der Waals surface area contributed by atoms with Gasteiger partial charge in [0.1, 0.15) is 8.24 Å². The van der Waals surface area contributed by atoms with Gasteiger partial charge in [-0.1, -0.05) is 19.6 Å². The molecule has 0 amide bonds. The van der Waals surface area contributed by atoms with E-state index in [2.05, 4.69) is 16.6 Å². The van der Waals surface area contributed by atoms with Crippen LogP contribution in [0.1, 0.15) is 0 Å². The van der Waals surface area contributed by atoms with Crippen molar-refractivity contribution in [2.45, 2.75) is 19.6 Å². The lowest BCUT2D eigenvalue weighted by Crippen LogP contribution is -2.36. The molecule has 0 rings (SSSR count). The fourth-order valence-corrected chi connectivity index (χ4v) is 8.26. The van der Waals surface area contributed by atoms with Gasteiger partial charge in [0, 0.05) is 0 Å². The highest BCUT2D eigenvalue weighted by atomic mass is 35.7. The minimum atomic E-state index is -3.17. The first-order chi connectivity index (χ1) is 3.71. The van der Waals surface area contributed by atoms with Crippen LogP contribution in [0.2, 0.25) is 19.6 Å². The smallest absolute Gasteiger partial charge is 0.255 e. The van der Waals surface area contributed by atoms with Crippen molar-refractivity contribution in [3.05, 3.63) is 0 Å². The molecule has 6 heteroatoms. The van der Waals surface area contributed by atoms with Crippen LogP contribution in [0.15, 0.2) is 0 Å². The van der Waals surface area contributed by atoms with Crippen LogP contribution < -0.4 is 4.75 Å². The molecule has 0 aliphatic carbocycles. The standard InChI is InChI=1S/C3H10ClFNPSSi/c1-9(2,3)6-7(4,5)8/h1-3H3,(H,6,8). The van der Waals surface area contributed by atoms with E-state index in [0.717, 1.165) is 0 Å². The van der Waals surface area contributed by atoms with Crippen LogP contribution in [-0.2, 0) is 11.8 Å². The Balaban J connectivity index is 3.90. The highest BCUT2D eigenvalue weighted by Crippen LogP contribution is 2.49. The summed E-state index contributed by atoms with van der Waals surface area (Å²) in [4.78, 5) is 0. The van der Waals surface area contributed by atoms with Crippen LogP contribution in [-0.4, -0.2) is 8.24 Å². The van der Waals surface area contributed by atoms with E-state index >= 15 is 0 Å². The fourth-order valence-electron chi connectivity index (χ4n) is 0.390. The highest BCUT2D eigenvalue weighted by Gasteiger charge is 2.21. The van der Waals surface area contributed by atoms with Gasteiger partial charge in [0.05, 0.1) is 0 Å². The minimum absolute atomic E-state index is 1.60. The SMILES string of the molecule is C[Si](C)(C)NP(F)(=S)Cl. The molecule has 0 aromatic carbocycles. The van der Waals surface area contributed by atoms with Crippen molar-refractivity contribution < 1.29 is 4.20 Å². The van der Waals surface area contributed by atoms with E-state index in [4.69, 9.17) is 11.2 Å². The Morgan fingerprint density at radius 2 is 1.89 bits per heavy atom. The zero-order valence-corrected chi connectivity index (χ0v) is 9.08. The van der Waals surface area contributed by atoms with E-state index in [0.29, 0.717) is 0 Å². The van der Waals surface area contributed by atoms with Gasteiger partial charge in [-0.15, -0.1) is 0 Å². The van der Waals surface area contributed by atoms with E-state index in [1.165, 1.54) is 0 Å². The van der Waals surface area contributed by atoms with Gasteiger partial charge < -0.3 is 0 Å². The molecule has 0 aromatic heterocycles. The molecule has 0 spiro atoms. The molecule has 1 nitrogen and oxygen atoms in total. The molecule has 0 saturated carbocycles. The van der Waals surface area contributed by atoms with E-state index in [1.807, 2.05) is 19.6 Å². The number of hydrogen-bond donors (Lipinski definition) is 1. The number of rotatable bonds is 2. The van der Waals surface area contributed by atoms with E-state index in [9.17, 15) is 4.20 Å². The maximum Gasteiger partial charge on any atom is 0.255 e. The van der Waals surface area contributed by atoms with Gasteiger partial charge in [-0.05, 0) is 23.0 Å². The van der Waals surface area contributed by atoms with Crippen molar-refractivity contribution in [2.75, 3.05) is 0 Å². The van der Waals surface area contributed by atoms with Crippen molar-refractivity contribution in [1.29, 1.82) is 0 Å². The van der Waals surface area contributed by atoms with Crippen molar-refractivity contribution in [3.8, 4) is 0 Å². The van der Waals surface area contributed by atoms with Crippen molar-refractivity contribution in [2.24, 2.45) is 0 Å². The third-order valence-corrected chi connectivity index (χ3v) is 5.77. The van der Waals surface area contributed by atoms with Crippen molar-refractivity contribution >= 4 is 37.1 Å². The first kappa shape index (κ1) is 10.0. The second kappa shape index (κ2) is 2.97. The Hall–Kier alpha value is 1.05. The second-order valence-corrected chi connectivity index (χ2v) is 12.7.